The summed E-state index contributed by atoms with van der Waals surface area (Å²) in [5, 5.41) is 4.86. The van der Waals surface area contributed by atoms with Gasteiger partial charge in [0, 0.05) is 25.8 Å². The van der Waals surface area contributed by atoms with Crippen molar-refractivity contribution >= 4 is 32.5 Å². The topological polar surface area (TPSA) is 17.8 Å². The molecule has 2 nitrogen and oxygen atoms in total. The Morgan fingerprint density at radius 3 is 1.84 bits per heavy atom. The van der Waals surface area contributed by atoms with Crippen molar-refractivity contribution in [1.29, 1.82) is 0 Å². The molecule has 2 heterocycles. The molecular formula is C39H33IrN2S-. The number of para-hydroxylation sites is 2. The van der Waals surface area contributed by atoms with Crippen LogP contribution in [0.25, 0.3) is 60.4 Å². The van der Waals surface area contributed by atoms with Gasteiger partial charge in [0.05, 0.1) is 16.9 Å². The van der Waals surface area contributed by atoms with E-state index in [0.29, 0.717) is 11.8 Å². The molecule has 0 saturated carbocycles. The van der Waals surface area contributed by atoms with E-state index in [9.17, 15) is 0 Å². The largest absolute Gasteiger partial charge is 0.333 e. The molecule has 215 valence electrons. The van der Waals surface area contributed by atoms with E-state index in [1.165, 1.54) is 49.2 Å². The summed E-state index contributed by atoms with van der Waals surface area (Å²) in [7, 11) is 0. The Balaban J connectivity index is 0.00000329. The normalized spacial score (nSPS) is 11.5. The number of fused-ring (bicyclic) bond motifs is 2. The Bertz CT molecular complexity index is 2010. The second kappa shape index (κ2) is 12.1. The number of hydrogen-bond donors (Lipinski definition) is 0. The minimum absolute atomic E-state index is 0. The summed E-state index contributed by atoms with van der Waals surface area (Å²) < 4.78 is 3.64. The molecule has 0 amide bonds. The molecule has 0 fully saturated rings. The fraction of sp³-hybridized carbons (Fsp3) is 0.154. The fourth-order valence-electron chi connectivity index (χ4n) is 5.99. The summed E-state index contributed by atoms with van der Waals surface area (Å²) >= 11 is 1.67. The van der Waals surface area contributed by atoms with Gasteiger partial charge in [-0.15, -0.1) is 5.39 Å². The summed E-state index contributed by atoms with van der Waals surface area (Å²) in [6, 6.07) is 41.4. The minimum Gasteiger partial charge on any atom is -0.333 e. The van der Waals surface area contributed by atoms with Crippen LogP contribution in [0.2, 0.25) is 0 Å². The third-order valence-electron chi connectivity index (χ3n) is 8.15. The number of rotatable bonds is 6. The Morgan fingerprint density at radius 1 is 0.628 bits per heavy atom. The molecule has 0 spiro atoms. The van der Waals surface area contributed by atoms with E-state index in [2.05, 4.69) is 153 Å². The number of hydrogen-bond acceptors (Lipinski definition) is 2. The van der Waals surface area contributed by atoms with E-state index in [1.54, 1.807) is 11.3 Å². The SMILES string of the molecule is CC(C)c1cc(-c2ccccc2)cc(C(C)C)c1-n1c(-c2[c-]sc3ccc(-c4ccccc4)cc23)nc2ccccc21.[Ir]. The van der Waals surface area contributed by atoms with Gasteiger partial charge < -0.3 is 4.57 Å². The monoisotopic (exact) mass is 754 g/mol. The van der Waals surface area contributed by atoms with E-state index in [0.717, 1.165) is 22.4 Å². The van der Waals surface area contributed by atoms with Crippen molar-refractivity contribution in [1.82, 2.24) is 9.55 Å². The Labute approximate surface area is 271 Å². The summed E-state index contributed by atoms with van der Waals surface area (Å²) in [4.78, 5) is 5.30. The predicted octanol–water partition coefficient (Wildman–Crippen LogP) is 11.3. The first-order valence-electron chi connectivity index (χ1n) is 14.7. The molecule has 0 aliphatic heterocycles. The number of benzene rings is 5. The van der Waals surface area contributed by atoms with E-state index < -0.39 is 0 Å². The number of nitrogens with zero attached hydrogens (tertiary/aromatic N) is 2. The third kappa shape index (κ3) is 5.29. The second-order valence-corrected chi connectivity index (χ2v) is 12.4. The van der Waals surface area contributed by atoms with Crippen LogP contribution in [0, 0.1) is 5.38 Å². The van der Waals surface area contributed by atoms with Crippen molar-refractivity contribution in [3.05, 3.63) is 132 Å². The standard InChI is InChI=1S/C39H33N2S.Ir/c1-25(2)31-22-30(28-15-9-6-10-16-28)23-32(26(3)4)38(31)41-36-18-12-11-17-35(36)40-39(41)34-24-42-37-20-19-29(21-33(34)37)27-13-7-5-8-14-27;/h5-23,25-26H,1-4H3;/q-1;. The van der Waals surface area contributed by atoms with Crippen LogP contribution < -0.4 is 0 Å². The molecule has 43 heavy (non-hydrogen) atoms. The van der Waals surface area contributed by atoms with Crippen LogP contribution >= 0.6 is 11.3 Å². The zero-order valence-electron chi connectivity index (χ0n) is 24.8. The maximum atomic E-state index is 5.30. The molecule has 0 unspecified atom stereocenters. The Hall–Kier alpha value is -3.82. The average molecular weight is 754 g/mol. The number of imidazole rings is 1. The molecule has 1 radical (unpaired) electrons. The molecule has 0 atom stereocenters. The van der Waals surface area contributed by atoms with Gasteiger partial charge in [-0.05, 0) is 69.5 Å². The van der Waals surface area contributed by atoms with Crippen LogP contribution in [0.15, 0.2) is 115 Å². The summed E-state index contributed by atoms with van der Waals surface area (Å²) in [6.45, 7) is 9.20. The second-order valence-electron chi connectivity index (χ2n) is 11.6. The van der Waals surface area contributed by atoms with Gasteiger partial charge in [-0.25, -0.2) is 0 Å². The molecule has 2 aromatic heterocycles. The Morgan fingerprint density at radius 2 is 1.21 bits per heavy atom. The fourth-order valence-corrected chi connectivity index (χ4v) is 6.81. The predicted molar refractivity (Wildman–Crippen MR) is 180 cm³/mol. The Kier molecular flexibility index (Phi) is 8.20. The first-order valence-corrected chi connectivity index (χ1v) is 15.5. The molecule has 4 heteroatoms. The van der Waals surface area contributed by atoms with Crippen molar-refractivity contribution < 1.29 is 20.1 Å². The summed E-state index contributed by atoms with van der Waals surface area (Å²) in [5.41, 5.74) is 12.0. The average Bonchev–Trinajstić information content (AvgIpc) is 3.62. The minimum atomic E-state index is 0. The number of aromatic nitrogens is 2. The van der Waals surface area contributed by atoms with Crippen LogP contribution in [-0.2, 0) is 20.1 Å². The van der Waals surface area contributed by atoms with Gasteiger partial charge in [0.25, 0.3) is 0 Å². The van der Waals surface area contributed by atoms with Crippen LogP contribution in [-0.4, -0.2) is 9.55 Å². The van der Waals surface area contributed by atoms with Gasteiger partial charge in [0.15, 0.2) is 0 Å². The van der Waals surface area contributed by atoms with E-state index in [-0.39, 0.29) is 20.1 Å². The zero-order valence-corrected chi connectivity index (χ0v) is 28.0. The smallest absolute Gasteiger partial charge is 0.0774 e. The molecule has 0 aliphatic carbocycles. The molecule has 0 saturated heterocycles. The van der Waals surface area contributed by atoms with Gasteiger partial charge in [0.1, 0.15) is 0 Å². The van der Waals surface area contributed by atoms with Gasteiger partial charge in [-0.2, -0.15) is 0 Å². The van der Waals surface area contributed by atoms with Crippen molar-refractivity contribution in [3.8, 4) is 39.3 Å². The van der Waals surface area contributed by atoms with Crippen LogP contribution in [0.1, 0.15) is 50.7 Å². The summed E-state index contributed by atoms with van der Waals surface area (Å²) in [6.07, 6.45) is 0. The van der Waals surface area contributed by atoms with Crippen LogP contribution in [0.3, 0.4) is 0 Å². The van der Waals surface area contributed by atoms with E-state index >= 15 is 0 Å². The number of thiophene rings is 1. The van der Waals surface area contributed by atoms with Gasteiger partial charge in [-0.3, -0.25) is 16.3 Å². The quantitative estimate of drug-likeness (QED) is 0.155. The molecule has 7 rings (SSSR count). The van der Waals surface area contributed by atoms with Crippen molar-refractivity contribution in [2.24, 2.45) is 0 Å². The molecular weight excluding hydrogens is 721 g/mol. The summed E-state index contributed by atoms with van der Waals surface area (Å²) in [5.74, 6) is 1.59. The molecule has 0 aliphatic rings. The maximum absolute atomic E-state index is 5.30. The molecule has 0 bridgehead atoms. The first-order chi connectivity index (χ1) is 20.5. The molecule has 7 aromatic rings. The zero-order chi connectivity index (χ0) is 28.8. The van der Waals surface area contributed by atoms with E-state index in [4.69, 9.17) is 4.98 Å². The molecule has 5 aromatic carbocycles. The van der Waals surface area contributed by atoms with Crippen LogP contribution in [0.4, 0.5) is 0 Å². The maximum Gasteiger partial charge on any atom is 0.0774 e. The van der Waals surface area contributed by atoms with Crippen molar-refractivity contribution in [2.75, 3.05) is 0 Å². The molecule has 0 N–H and O–H groups in total. The third-order valence-corrected chi connectivity index (χ3v) is 9.03. The van der Waals surface area contributed by atoms with E-state index in [1.807, 2.05) is 0 Å². The van der Waals surface area contributed by atoms with Crippen LogP contribution in [0.5, 0.6) is 0 Å². The van der Waals surface area contributed by atoms with Crippen molar-refractivity contribution in [3.63, 3.8) is 0 Å². The first kappa shape index (κ1) is 29.3. The van der Waals surface area contributed by atoms with Gasteiger partial charge in [0.2, 0.25) is 0 Å². The van der Waals surface area contributed by atoms with Gasteiger partial charge in [-0.1, -0.05) is 134 Å². The van der Waals surface area contributed by atoms with Crippen molar-refractivity contribution in [2.45, 2.75) is 39.5 Å². The van der Waals surface area contributed by atoms with Gasteiger partial charge >= 0.3 is 0 Å².